The van der Waals surface area contributed by atoms with Crippen LogP contribution in [0.25, 0.3) is 11.4 Å². The van der Waals surface area contributed by atoms with E-state index in [1.54, 1.807) is 24.3 Å². The molecular weight excluding hydrogens is 336 g/mol. The van der Waals surface area contributed by atoms with Gasteiger partial charge in [-0.05, 0) is 29.5 Å². The minimum Gasteiger partial charge on any atom is -0.491 e. The van der Waals surface area contributed by atoms with E-state index in [1.807, 2.05) is 30.3 Å². The average molecular weight is 354 g/mol. The quantitative estimate of drug-likeness (QED) is 0.643. The molecule has 2 aromatic carbocycles. The molecular formula is C18H18N4O4. The summed E-state index contributed by atoms with van der Waals surface area (Å²) in [7, 11) is 1.32. The number of tetrazole rings is 1. The first-order chi connectivity index (χ1) is 12.7. The number of methoxy groups -OCH3 is 1. The molecule has 0 bridgehead atoms. The molecule has 134 valence electrons. The van der Waals surface area contributed by atoms with Crippen molar-refractivity contribution in [2.24, 2.45) is 0 Å². The van der Waals surface area contributed by atoms with E-state index in [4.69, 9.17) is 4.74 Å². The molecule has 26 heavy (non-hydrogen) atoms. The van der Waals surface area contributed by atoms with Crippen LogP contribution in [0.15, 0.2) is 54.6 Å². The van der Waals surface area contributed by atoms with Crippen LogP contribution in [0, 0.1) is 0 Å². The van der Waals surface area contributed by atoms with Crippen molar-refractivity contribution in [1.82, 2.24) is 20.2 Å². The monoisotopic (exact) mass is 354 g/mol. The fourth-order valence-corrected chi connectivity index (χ4v) is 2.26. The largest absolute Gasteiger partial charge is 0.491 e. The Morgan fingerprint density at radius 3 is 2.58 bits per heavy atom. The fourth-order valence-electron chi connectivity index (χ4n) is 2.26. The van der Waals surface area contributed by atoms with Gasteiger partial charge in [0.15, 0.2) is 0 Å². The predicted molar refractivity (Wildman–Crippen MR) is 92.5 cm³/mol. The summed E-state index contributed by atoms with van der Waals surface area (Å²) in [6.45, 7) is 0.208. The highest BCUT2D eigenvalue weighted by molar-refractivity contribution is 5.89. The molecule has 3 aromatic rings. The summed E-state index contributed by atoms with van der Waals surface area (Å²) in [5, 5.41) is 22.3. The lowest BCUT2D eigenvalue weighted by atomic mass is 10.2. The van der Waals surface area contributed by atoms with Crippen LogP contribution in [-0.4, -0.2) is 51.1 Å². The molecule has 0 amide bonds. The van der Waals surface area contributed by atoms with Gasteiger partial charge in [-0.25, -0.2) is 4.79 Å². The highest BCUT2D eigenvalue weighted by Gasteiger charge is 2.11. The van der Waals surface area contributed by atoms with Crippen molar-refractivity contribution in [2.75, 3.05) is 13.7 Å². The highest BCUT2D eigenvalue weighted by atomic mass is 16.5. The molecule has 8 heteroatoms. The van der Waals surface area contributed by atoms with Crippen molar-refractivity contribution in [1.29, 1.82) is 0 Å². The van der Waals surface area contributed by atoms with Gasteiger partial charge in [-0.3, -0.25) is 0 Å². The number of hydrogen-bond donors (Lipinski definition) is 1. The Bertz CT molecular complexity index is 849. The van der Waals surface area contributed by atoms with E-state index in [1.165, 1.54) is 11.9 Å². The second-order valence-corrected chi connectivity index (χ2v) is 5.51. The van der Waals surface area contributed by atoms with Gasteiger partial charge < -0.3 is 14.6 Å². The van der Waals surface area contributed by atoms with E-state index in [0.29, 0.717) is 17.1 Å². The molecule has 1 atom stereocenters. The summed E-state index contributed by atoms with van der Waals surface area (Å²) >= 11 is 0. The second-order valence-electron chi connectivity index (χ2n) is 5.51. The molecule has 3 rings (SSSR count). The normalized spacial score (nSPS) is 11.8. The van der Waals surface area contributed by atoms with Gasteiger partial charge in [0.25, 0.3) is 0 Å². The molecule has 0 radical (unpaired) electrons. The van der Waals surface area contributed by atoms with Crippen molar-refractivity contribution < 1.29 is 19.4 Å². The molecule has 0 unspecified atom stereocenters. The summed E-state index contributed by atoms with van der Waals surface area (Å²) in [6, 6.07) is 15.9. The predicted octanol–water partition coefficient (Wildman–Crippen LogP) is 1.57. The average Bonchev–Trinajstić information content (AvgIpc) is 3.15. The minimum atomic E-state index is -0.812. The fraction of sp³-hybridized carbons (Fsp3) is 0.222. The third-order valence-corrected chi connectivity index (χ3v) is 3.58. The number of carbonyl (C=O) groups excluding carboxylic acids is 1. The Labute approximate surface area is 150 Å². The number of aromatic nitrogens is 4. The summed E-state index contributed by atoms with van der Waals surface area (Å²) in [5.74, 6) is 0.619. The minimum absolute atomic E-state index is 0.0553. The molecule has 0 aliphatic rings. The molecule has 8 nitrogen and oxygen atoms in total. The molecule has 1 aromatic heterocycles. The van der Waals surface area contributed by atoms with Crippen molar-refractivity contribution in [3.8, 4) is 17.1 Å². The standard InChI is InChI=1S/C18H18N4O4/c1-25-18(24)14-7-9-16(10-8-14)26-12-15(23)11-22-20-17(19-21-22)13-5-3-2-4-6-13/h2-10,15,23H,11-12H2,1H3/t15-/m1/s1. The number of aliphatic hydroxyl groups excluding tert-OH is 1. The van der Waals surface area contributed by atoms with E-state index >= 15 is 0 Å². The number of esters is 1. The molecule has 1 N–H and O–H groups in total. The topological polar surface area (TPSA) is 99.4 Å². The molecule has 0 aliphatic carbocycles. The van der Waals surface area contributed by atoms with Gasteiger partial charge in [-0.2, -0.15) is 4.80 Å². The van der Waals surface area contributed by atoms with Crippen LogP contribution in [0.3, 0.4) is 0 Å². The van der Waals surface area contributed by atoms with Crippen LogP contribution >= 0.6 is 0 Å². The Morgan fingerprint density at radius 2 is 1.88 bits per heavy atom. The van der Waals surface area contributed by atoms with Crippen LogP contribution < -0.4 is 4.74 Å². The first kappa shape index (κ1) is 17.6. The Hall–Kier alpha value is -3.26. The SMILES string of the molecule is COC(=O)c1ccc(OC[C@H](O)Cn2nnc(-c3ccccc3)n2)cc1. The Kier molecular flexibility index (Phi) is 5.55. The lowest BCUT2D eigenvalue weighted by Crippen LogP contribution is -2.25. The Balaban J connectivity index is 1.52. The van der Waals surface area contributed by atoms with Gasteiger partial charge in [0, 0.05) is 5.56 Å². The smallest absolute Gasteiger partial charge is 0.337 e. The van der Waals surface area contributed by atoms with Crippen LogP contribution in [0.1, 0.15) is 10.4 Å². The van der Waals surface area contributed by atoms with E-state index in [2.05, 4.69) is 20.1 Å². The summed E-state index contributed by atoms with van der Waals surface area (Å²) in [6.07, 6.45) is -0.812. The van der Waals surface area contributed by atoms with Gasteiger partial charge in [0.05, 0.1) is 19.2 Å². The maximum absolute atomic E-state index is 11.4. The zero-order valence-corrected chi connectivity index (χ0v) is 14.1. The first-order valence-corrected chi connectivity index (χ1v) is 7.98. The highest BCUT2D eigenvalue weighted by Crippen LogP contribution is 2.14. The van der Waals surface area contributed by atoms with Crippen molar-refractivity contribution in [3.63, 3.8) is 0 Å². The van der Waals surface area contributed by atoms with E-state index < -0.39 is 12.1 Å². The van der Waals surface area contributed by atoms with Crippen LogP contribution in [0.4, 0.5) is 0 Å². The summed E-state index contributed by atoms with van der Waals surface area (Å²) in [5.41, 5.74) is 1.29. The van der Waals surface area contributed by atoms with Crippen LogP contribution in [-0.2, 0) is 11.3 Å². The lowest BCUT2D eigenvalue weighted by molar-refractivity contribution is 0.0600. The van der Waals surface area contributed by atoms with E-state index in [-0.39, 0.29) is 13.2 Å². The third-order valence-electron chi connectivity index (χ3n) is 3.58. The number of nitrogens with zero attached hydrogens (tertiary/aromatic N) is 4. The molecule has 0 saturated carbocycles. The van der Waals surface area contributed by atoms with Gasteiger partial charge in [-0.15, -0.1) is 10.2 Å². The van der Waals surface area contributed by atoms with Gasteiger partial charge in [0.1, 0.15) is 18.5 Å². The summed E-state index contributed by atoms with van der Waals surface area (Å²) in [4.78, 5) is 12.7. The summed E-state index contributed by atoms with van der Waals surface area (Å²) < 4.78 is 10.1. The zero-order valence-electron chi connectivity index (χ0n) is 14.1. The second kappa shape index (κ2) is 8.21. The maximum Gasteiger partial charge on any atom is 0.337 e. The third kappa shape index (κ3) is 4.42. The van der Waals surface area contributed by atoms with E-state index in [9.17, 15) is 9.90 Å². The Morgan fingerprint density at radius 1 is 1.15 bits per heavy atom. The number of hydrogen-bond acceptors (Lipinski definition) is 7. The first-order valence-electron chi connectivity index (χ1n) is 7.98. The van der Waals surface area contributed by atoms with Crippen molar-refractivity contribution >= 4 is 5.97 Å². The molecule has 0 saturated heterocycles. The number of carbonyl (C=O) groups is 1. The molecule has 0 spiro atoms. The van der Waals surface area contributed by atoms with Crippen LogP contribution in [0.2, 0.25) is 0 Å². The molecule has 1 heterocycles. The van der Waals surface area contributed by atoms with Crippen LogP contribution in [0.5, 0.6) is 5.75 Å². The van der Waals surface area contributed by atoms with Gasteiger partial charge in [0.2, 0.25) is 5.82 Å². The van der Waals surface area contributed by atoms with E-state index in [0.717, 1.165) is 5.56 Å². The van der Waals surface area contributed by atoms with Crippen molar-refractivity contribution in [2.45, 2.75) is 12.6 Å². The molecule has 0 aliphatic heterocycles. The lowest BCUT2D eigenvalue weighted by Gasteiger charge is -2.11. The zero-order chi connectivity index (χ0) is 18.4. The van der Waals surface area contributed by atoms with Crippen molar-refractivity contribution in [3.05, 3.63) is 60.2 Å². The number of rotatable bonds is 7. The number of aliphatic hydroxyl groups is 1. The molecule has 0 fully saturated rings. The van der Waals surface area contributed by atoms with Gasteiger partial charge in [-0.1, -0.05) is 30.3 Å². The number of ether oxygens (including phenoxy) is 2. The van der Waals surface area contributed by atoms with Gasteiger partial charge >= 0.3 is 5.97 Å². The number of benzene rings is 2. The maximum atomic E-state index is 11.4.